The summed E-state index contributed by atoms with van der Waals surface area (Å²) < 4.78 is 0. The molecule has 1 N–H and O–H groups in total. The second-order valence-corrected chi connectivity index (χ2v) is 3.52. The molecule has 1 aromatic rings. The number of carbonyl (C=O) groups is 1. The summed E-state index contributed by atoms with van der Waals surface area (Å²) in [4.78, 5) is 10.7. The van der Waals surface area contributed by atoms with Crippen molar-refractivity contribution in [3.63, 3.8) is 0 Å². The highest BCUT2D eigenvalue weighted by Crippen LogP contribution is 2.22. The third-order valence-electron chi connectivity index (χ3n) is 2.53. The summed E-state index contributed by atoms with van der Waals surface area (Å²) in [7, 11) is 0. The molecule has 1 aliphatic heterocycles. The molecule has 0 fully saturated rings. The highest BCUT2D eigenvalue weighted by Gasteiger charge is 2.17. The van der Waals surface area contributed by atoms with Gasteiger partial charge in [-0.2, -0.15) is 0 Å². The minimum atomic E-state index is -0.0932. The second-order valence-electron chi connectivity index (χ2n) is 3.52. The fourth-order valence-electron chi connectivity index (χ4n) is 1.85. The fraction of sp³-hybridized carbons (Fsp3) is 0.364. The van der Waals surface area contributed by atoms with Crippen LogP contribution in [0.5, 0.6) is 0 Å². The first-order chi connectivity index (χ1) is 6.31. The van der Waals surface area contributed by atoms with Gasteiger partial charge in [0.15, 0.2) is 0 Å². The van der Waals surface area contributed by atoms with Crippen LogP contribution in [0, 0.1) is 6.92 Å². The average Bonchev–Trinajstić information content (AvgIpc) is 2.16. The van der Waals surface area contributed by atoms with Gasteiger partial charge in [-0.3, -0.25) is 0 Å². The van der Waals surface area contributed by atoms with Crippen molar-refractivity contribution in [2.75, 3.05) is 6.54 Å². The van der Waals surface area contributed by atoms with Crippen LogP contribution in [0.4, 0.5) is 0 Å². The lowest BCUT2D eigenvalue weighted by Gasteiger charge is -2.22. The van der Waals surface area contributed by atoms with Crippen molar-refractivity contribution < 1.29 is 4.79 Å². The third-order valence-corrected chi connectivity index (χ3v) is 2.53. The van der Waals surface area contributed by atoms with Crippen LogP contribution >= 0.6 is 0 Å². The van der Waals surface area contributed by atoms with Crippen LogP contribution in [0.15, 0.2) is 18.2 Å². The third kappa shape index (κ3) is 1.49. The largest absolute Gasteiger partial charge is 0.304 e. The van der Waals surface area contributed by atoms with Gasteiger partial charge in [-0.25, -0.2) is 0 Å². The summed E-state index contributed by atoms with van der Waals surface area (Å²) in [5.41, 5.74) is 3.73. The van der Waals surface area contributed by atoms with E-state index in [1.807, 2.05) is 0 Å². The lowest BCUT2D eigenvalue weighted by atomic mass is 9.93. The smallest absolute Gasteiger partial charge is 0.141 e. The number of hydrogen-bond donors (Lipinski definition) is 1. The van der Waals surface area contributed by atoms with Gasteiger partial charge in [0.1, 0.15) is 6.29 Å². The van der Waals surface area contributed by atoms with E-state index in [0.717, 1.165) is 24.8 Å². The molecule has 1 aromatic carbocycles. The zero-order valence-electron chi connectivity index (χ0n) is 7.71. The SMILES string of the molecule is Cc1ccc2c(c1)CCNC2C=O. The minimum absolute atomic E-state index is 0.0932. The first-order valence-electron chi connectivity index (χ1n) is 4.59. The van der Waals surface area contributed by atoms with Gasteiger partial charge in [0, 0.05) is 6.54 Å². The maximum atomic E-state index is 10.7. The Morgan fingerprint density at radius 2 is 2.38 bits per heavy atom. The van der Waals surface area contributed by atoms with Gasteiger partial charge in [0.25, 0.3) is 0 Å². The van der Waals surface area contributed by atoms with Gasteiger partial charge >= 0.3 is 0 Å². The Bertz CT molecular complexity index is 333. The van der Waals surface area contributed by atoms with Crippen LogP contribution < -0.4 is 5.32 Å². The van der Waals surface area contributed by atoms with Crippen molar-refractivity contribution in [3.8, 4) is 0 Å². The Balaban J connectivity index is 2.45. The maximum absolute atomic E-state index is 10.7. The number of fused-ring (bicyclic) bond motifs is 1. The number of benzene rings is 1. The number of aldehydes is 1. The molecule has 13 heavy (non-hydrogen) atoms. The standard InChI is InChI=1S/C11H13NO/c1-8-2-3-10-9(6-8)4-5-12-11(10)7-13/h2-3,6-7,11-12H,4-5H2,1H3. The second kappa shape index (κ2) is 3.30. The summed E-state index contributed by atoms with van der Waals surface area (Å²) in [6, 6.07) is 6.19. The quantitative estimate of drug-likeness (QED) is 0.653. The van der Waals surface area contributed by atoms with E-state index in [9.17, 15) is 4.79 Å². The van der Waals surface area contributed by atoms with Crippen molar-refractivity contribution >= 4 is 6.29 Å². The van der Waals surface area contributed by atoms with Crippen LogP contribution in [0.2, 0.25) is 0 Å². The predicted molar refractivity (Wildman–Crippen MR) is 51.7 cm³/mol. The topological polar surface area (TPSA) is 29.1 Å². The molecular formula is C11H13NO. The summed E-state index contributed by atoms with van der Waals surface area (Å²) in [6.07, 6.45) is 2.01. The number of aryl methyl sites for hydroxylation is 1. The van der Waals surface area contributed by atoms with Gasteiger partial charge < -0.3 is 10.1 Å². The van der Waals surface area contributed by atoms with Gasteiger partial charge in [0.2, 0.25) is 0 Å². The molecule has 0 amide bonds. The van der Waals surface area contributed by atoms with Gasteiger partial charge in [-0.1, -0.05) is 23.8 Å². The van der Waals surface area contributed by atoms with Gasteiger partial charge in [-0.05, 0) is 24.5 Å². The molecule has 1 aliphatic rings. The molecule has 1 atom stereocenters. The zero-order chi connectivity index (χ0) is 9.26. The van der Waals surface area contributed by atoms with E-state index in [4.69, 9.17) is 0 Å². The van der Waals surface area contributed by atoms with Crippen LogP contribution in [0.1, 0.15) is 22.7 Å². The molecular weight excluding hydrogens is 162 g/mol. The maximum Gasteiger partial charge on any atom is 0.141 e. The first-order valence-corrected chi connectivity index (χ1v) is 4.59. The molecule has 68 valence electrons. The number of hydrogen-bond acceptors (Lipinski definition) is 2. The van der Waals surface area contributed by atoms with Crippen LogP contribution in [0.25, 0.3) is 0 Å². The molecule has 0 bridgehead atoms. The molecule has 1 heterocycles. The van der Waals surface area contributed by atoms with Crippen molar-refractivity contribution in [2.45, 2.75) is 19.4 Å². The molecule has 2 rings (SSSR count). The Morgan fingerprint density at radius 3 is 3.15 bits per heavy atom. The van der Waals surface area contributed by atoms with Crippen molar-refractivity contribution in [1.82, 2.24) is 5.32 Å². The molecule has 0 aliphatic carbocycles. The van der Waals surface area contributed by atoms with Crippen molar-refractivity contribution in [1.29, 1.82) is 0 Å². The number of nitrogens with one attached hydrogen (secondary N) is 1. The highest BCUT2D eigenvalue weighted by atomic mass is 16.1. The minimum Gasteiger partial charge on any atom is -0.304 e. The van der Waals surface area contributed by atoms with Crippen LogP contribution in [-0.2, 0) is 11.2 Å². The summed E-state index contributed by atoms with van der Waals surface area (Å²) >= 11 is 0. The molecule has 0 radical (unpaired) electrons. The summed E-state index contributed by atoms with van der Waals surface area (Å²) in [5, 5.41) is 3.18. The Hall–Kier alpha value is -1.15. The Labute approximate surface area is 78.0 Å². The Kier molecular flexibility index (Phi) is 2.15. The van der Waals surface area contributed by atoms with Gasteiger partial charge in [0.05, 0.1) is 6.04 Å². The fourth-order valence-corrected chi connectivity index (χ4v) is 1.85. The van der Waals surface area contributed by atoms with E-state index >= 15 is 0 Å². The van der Waals surface area contributed by atoms with E-state index in [0.29, 0.717) is 0 Å². The summed E-state index contributed by atoms with van der Waals surface area (Å²) in [5.74, 6) is 0. The van der Waals surface area contributed by atoms with Crippen molar-refractivity contribution in [3.05, 3.63) is 34.9 Å². The molecule has 2 heteroatoms. The number of rotatable bonds is 1. The molecule has 2 nitrogen and oxygen atoms in total. The van der Waals surface area contributed by atoms with Crippen LogP contribution in [-0.4, -0.2) is 12.8 Å². The molecule has 0 aromatic heterocycles. The van der Waals surface area contributed by atoms with E-state index in [1.165, 1.54) is 11.1 Å². The molecule has 0 spiro atoms. The normalized spacial score (nSPS) is 20.8. The zero-order valence-corrected chi connectivity index (χ0v) is 7.71. The van der Waals surface area contributed by atoms with E-state index in [-0.39, 0.29) is 6.04 Å². The van der Waals surface area contributed by atoms with E-state index < -0.39 is 0 Å². The lowest BCUT2D eigenvalue weighted by Crippen LogP contribution is -2.30. The molecule has 1 unspecified atom stereocenters. The van der Waals surface area contributed by atoms with E-state index in [1.54, 1.807) is 0 Å². The first kappa shape index (κ1) is 8.45. The van der Waals surface area contributed by atoms with Crippen molar-refractivity contribution in [2.24, 2.45) is 0 Å². The van der Waals surface area contributed by atoms with Gasteiger partial charge in [-0.15, -0.1) is 0 Å². The lowest BCUT2D eigenvalue weighted by molar-refractivity contribution is -0.109. The number of carbonyl (C=O) groups excluding carboxylic acids is 1. The predicted octanol–water partition coefficient (Wildman–Crippen LogP) is 1.38. The summed E-state index contributed by atoms with van der Waals surface area (Å²) in [6.45, 7) is 2.98. The van der Waals surface area contributed by atoms with E-state index in [2.05, 4.69) is 30.4 Å². The molecule has 0 saturated heterocycles. The van der Waals surface area contributed by atoms with Crippen LogP contribution in [0.3, 0.4) is 0 Å². The highest BCUT2D eigenvalue weighted by molar-refractivity contribution is 5.63. The molecule has 0 saturated carbocycles. The average molecular weight is 175 g/mol. The Morgan fingerprint density at radius 1 is 1.54 bits per heavy atom. The monoisotopic (exact) mass is 175 g/mol.